The molecule has 0 amide bonds. The van der Waals surface area contributed by atoms with Crippen LogP contribution in [0.3, 0.4) is 0 Å². The van der Waals surface area contributed by atoms with Gasteiger partial charge in [-0.05, 0) is 47.7 Å². The quantitative estimate of drug-likeness (QED) is 0.837. The fourth-order valence-corrected chi connectivity index (χ4v) is 3.24. The first kappa shape index (κ1) is 13.1. The summed E-state index contributed by atoms with van der Waals surface area (Å²) in [7, 11) is 0. The van der Waals surface area contributed by atoms with E-state index in [0.29, 0.717) is 6.04 Å². The fraction of sp³-hybridized carbons (Fsp3) is 0.714. The van der Waals surface area contributed by atoms with E-state index in [-0.39, 0.29) is 0 Å². The lowest BCUT2D eigenvalue weighted by Gasteiger charge is -2.27. The number of hydrogen-bond acceptors (Lipinski definition) is 3. The number of nitrogens with one attached hydrogen (secondary N) is 1. The summed E-state index contributed by atoms with van der Waals surface area (Å²) in [6.07, 6.45) is 2.69. The Balaban J connectivity index is 1.87. The Labute approximate surface area is 109 Å². The van der Waals surface area contributed by atoms with E-state index in [0.717, 1.165) is 12.5 Å². The standard InChI is InChI=1S/C14H24N2S/c1-12(2)8-16(9-13-5-7-17-11-13)10-14-4-3-6-15-14/h5,7,11-12,14-15H,3-4,6,8-10H2,1-2H3. The number of thiophene rings is 1. The predicted octanol–water partition coefficient (Wildman–Crippen LogP) is 2.96. The summed E-state index contributed by atoms with van der Waals surface area (Å²) in [6, 6.07) is 2.97. The van der Waals surface area contributed by atoms with Crippen molar-refractivity contribution in [2.24, 2.45) is 5.92 Å². The molecule has 1 fully saturated rings. The fourth-order valence-electron chi connectivity index (χ4n) is 2.59. The summed E-state index contributed by atoms with van der Waals surface area (Å²) in [5, 5.41) is 8.05. The number of rotatable bonds is 6. The minimum atomic E-state index is 0.715. The van der Waals surface area contributed by atoms with Crippen LogP contribution in [0.2, 0.25) is 0 Å². The lowest BCUT2D eigenvalue weighted by Crippen LogP contribution is -2.38. The van der Waals surface area contributed by atoms with Crippen molar-refractivity contribution in [3.8, 4) is 0 Å². The molecule has 1 aromatic heterocycles. The van der Waals surface area contributed by atoms with Gasteiger partial charge in [0.25, 0.3) is 0 Å². The third kappa shape index (κ3) is 4.41. The highest BCUT2D eigenvalue weighted by Gasteiger charge is 2.18. The summed E-state index contributed by atoms with van der Waals surface area (Å²) >= 11 is 1.80. The van der Waals surface area contributed by atoms with E-state index in [1.165, 1.54) is 38.0 Å². The Bertz CT molecular complexity index is 302. The molecule has 1 aromatic rings. The second-order valence-electron chi connectivity index (χ2n) is 5.51. The van der Waals surface area contributed by atoms with Crippen LogP contribution in [0.15, 0.2) is 16.8 Å². The zero-order valence-electron chi connectivity index (χ0n) is 11.0. The van der Waals surface area contributed by atoms with Gasteiger partial charge in [0.15, 0.2) is 0 Å². The highest BCUT2D eigenvalue weighted by Crippen LogP contribution is 2.14. The molecule has 17 heavy (non-hydrogen) atoms. The largest absolute Gasteiger partial charge is 0.313 e. The van der Waals surface area contributed by atoms with Gasteiger partial charge in [0.2, 0.25) is 0 Å². The minimum Gasteiger partial charge on any atom is -0.313 e. The third-order valence-corrected chi connectivity index (χ3v) is 3.98. The summed E-state index contributed by atoms with van der Waals surface area (Å²) in [6.45, 7) is 9.34. The SMILES string of the molecule is CC(C)CN(Cc1ccsc1)CC1CCCN1. The predicted molar refractivity (Wildman–Crippen MR) is 75.5 cm³/mol. The maximum absolute atomic E-state index is 3.60. The Morgan fingerprint density at radius 3 is 3.00 bits per heavy atom. The molecule has 0 bridgehead atoms. The maximum atomic E-state index is 3.60. The molecule has 0 aliphatic carbocycles. The van der Waals surface area contributed by atoms with Crippen molar-refractivity contribution >= 4 is 11.3 Å². The van der Waals surface area contributed by atoms with E-state index >= 15 is 0 Å². The molecule has 0 saturated carbocycles. The van der Waals surface area contributed by atoms with Crippen molar-refractivity contribution in [2.75, 3.05) is 19.6 Å². The molecule has 1 aliphatic rings. The molecule has 96 valence electrons. The Hall–Kier alpha value is -0.380. The average molecular weight is 252 g/mol. The molecule has 2 rings (SSSR count). The monoisotopic (exact) mass is 252 g/mol. The van der Waals surface area contributed by atoms with Crippen molar-refractivity contribution in [1.29, 1.82) is 0 Å². The molecule has 1 saturated heterocycles. The van der Waals surface area contributed by atoms with Crippen molar-refractivity contribution in [1.82, 2.24) is 10.2 Å². The second-order valence-corrected chi connectivity index (χ2v) is 6.29. The van der Waals surface area contributed by atoms with Crippen LogP contribution >= 0.6 is 11.3 Å². The molecule has 1 atom stereocenters. The summed E-state index contributed by atoms with van der Waals surface area (Å²) in [5.41, 5.74) is 1.47. The molecule has 3 heteroatoms. The van der Waals surface area contributed by atoms with Crippen LogP contribution in [0.1, 0.15) is 32.3 Å². The van der Waals surface area contributed by atoms with Crippen LogP contribution in [0.25, 0.3) is 0 Å². The van der Waals surface area contributed by atoms with Gasteiger partial charge in [-0.25, -0.2) is 0 Å². The van der Waals surface area contributed by atoms with Crippen molar-refractivity contribution in [2.45, 2.75) is 39.3 Å². The van der Waals surface area contributed by atoms with E-state index in [2.05, 4.69) is 40.9 Å². The van der Waals surface area contributed by atoms with Crippen LogP contribution in [-0.2, 0) is 6.54 Å². The van der Waals surface area contributed by atoms with Gasteiger partial charge in [-0.15, -0.1) is 0 Å². The lowest BCUT2D eigenvalue weighted by atomic mass is 10.1. The minimum absolute atomic E-state index is 0.715. The zero-order chi connectivity index (χ0) is 12.1. The number of hydrogen-bond donors (Lipinski definition) is 1. The van der Waals surface area contributed by atoms with Gasteiger partial charge in [-0.3, -0.25) is 4.90 Å². The highest BCUT2D eigenvalue weighted by atomic mass is 32.1. The van der Waals surface area contributed by atoms with E-state index in [9.17, 15) is 0 Å². The molecular weight excluding hydrogens is 228 g/mol. The van der Waals surface area contributed by atoms with Gasteiger partial charge in [-0.2, -0.15) is 11.3 Å². The van der Waals surface area contributed by atoms with Crippen LogP contribution in [0.5, 0.6) is 0 Å². The van der Waals surface area contributed by atoms with Gasteiger partial charge < -0.3 is 5.32 Å². The van der Waals surface area contributed by atoms with Crippen LogP contribution in [0, 0.1) is 5.92 Å². The molecule has 1 aliphatic heterocycles. The Morgan fingerprint density at radius 2 is 2.41 bits per heavy atom. The Kier molecular flexibility index (Phi) is 5.01. The first-order valence-electron chi connectivity index (χ1n) is 6.71. The molecule has 0 radical (unpaired) electrons. The Morgan fingerprint density at radius 1 is 1.53 bits per heavy atom. The van der Waals surface area contributed by atoms with E-state index in [1.54, 1.807) is 11.3 Å². The topological polar surface area (TPSA) is 15.3 Å². The molecular formula is C14H24N2S. The van der Waals surface area contributed by atoms with Crippen molar-refractivity contribution < 1.29 is 0 Å². The summed E-state index contributed by atoms with van der Waals surface area (Å²) in [5.74, 6) is 0.745. The summed E-state index contributed by atoms with van der Waals surface area (Å²) in [4.78, 5) is 2.61. The molecule has 2 nitrogen and oxygen atoms in total. The zero-order valence-corrected chi connectivity index (χ0v) is 11.8. The molecule has 0 spiro atoms. The lowest BCUT2D eigenvalue weighted by molar-refractivity contribution is 0.216. The normalized spacial score (nSPS) is 20.6. The average Bonchev–Trinajstić information content (AvgIpc) is 2.89. The van der Waals surface area contributed by atoms with E-state index in [1.807, 2.05) is 0 Å². The summed E-state index contributed by atoms with van der Waals surface area (Å²) < 4.78 is 0. The van der Waals surface area contributed by atoms with Gasteiger partial charge in [0.05, 0.1) is 0 Å². The molecule has 2 heterocycles. The van der Waals surface area contributed by atoms with Crippen LogP contribution in [0.4, 0.5) is 0 Å². The number of nitrogens with zero attached hydrogens (tertiary/aromatic N) is 1. The van der Waals surface area contributed by atoms with Gasteiger partial charge in [-0.1, -0.05) is 13.8 Å². The van der Waals surface area contributed by atoms with Gasteiger partial charge >= 0.3 is 0 Å². The van der Waals surface area contributed by atoms with Crippen LogP contribution in [-0.4, -0.2) is 30.6 Å². The van der Waals surface area contributed by atoms with Crippen molar-refractivity contribution in [3.63, 3.8) is 0 Å². The molecule has 1 unspecified atom stereocenters. The molecule has 1 N–H and O–H groups in total. The van der Waals surface area contributed by atoms with Crippen LogP contribution < -0.4 is 5.32 Å². The van der Waals surface area contributed by atoms with E-state index in [4.69, 9.17) is 0 Å². The molecule has 0 aromatic carbocycles. The highest BCUT2D eigenvalue weighted by molar-refractivity contribution is 7.07. The smallest absolute Gasteiger partial charge is 0.0242 e. The van der Waals surface area contributed by atoms with E-state index < -0.39 is 0 Å². The second kappa shape index (κ2) is 6.53. The first-order chi connectivity index (χ1) is 8.24. The third-order valence-electron chi connectivity index (χ3n) is 3.25. The van der Waals surface area contributed by atoms with Crippen molar-refractivity contribution in [3.05, 3.63) is 22.4 Å². The van der Waals surface area contributed by atoms with Gasteiger partial charge in [0, 0.05) is 25.7 Å². The maximum Gasteiger partial charge on any atom is 0.0242 e. The first-order valence-corrected chi connectivity index (χ1v) is 7.65. The van der Waals surface area contributed by atoms with Gasteiger partial charge in [0.1, 0.15) is 0 Å².